The van der Waals surface area contributed by atoms with E-state index in [4.69, 9.17) is 5.11 Å². The van der Waals surface area contributed by atoms with Crippen molar-refractivity contribution >= 4 is 5.91 Å². The Bertz CT molecular complexity index is 538. The van der Waals surface area contributed by atoms with E-state index in [0.29, 0.717) is 30.4 Å². The smallest absolute Gasteiger partial charge is 0.251 e. The van der Waals surface area contributed by atoms with Gasteiger partial charge in [0.05, 0.1) is 6.61 Å². The summed E-state index contributed by atoms with van der Waals surface area (Å²) in [6.07, 6.45) is 0.467. The highest BCUT2D eigenvalue weighted by molar-refractivity contribution is 5.94. The Hall–Kier alpha value is -1.79. The number of aliphatic hydroxyl groups is 1. The summed E-state index contributed by atoms with van der Waals surface area (Å²) in [6, 6.07) is 5.52. The van der Waals surface area contributed by atoms with Crippen LogP contribution < -0.4 is 5.32 Å². The first-order chi connectivity index (χ1) is 9.95. The molecule has 0 aliphatic heterocycles. The fourth-order valence-electron chi connectivity index (χ4n) is 1.75. The highest BCUT2D eigenvalue weighted by Crippen LogP contribution is 2.11. The molecule has 0 spiro atoms. The highest BCUT2D eigenvalue weighted by atomic mass is 16.2. The minimum atomic E-state index is -0.0412. The van der Waals surface area contributed by atoms with Crippen LogP contribution in [-0.4, -0.2) is 24.2 Å². The van der Waals surface area contributed by atoms with Gasteiger partial charge >= 0.3 is 0 Å². The predicted molar refractivity (Wildman–Crippen MR) is 86.1 cm³/mol. The number of rotatable bonds is 5. The molecule has 0 saturated heterocycles. The van der Waals surface area contributed by atoms with Crippen LogP contribution in [0.25, 0.3) is 0 Å². The van der Waals surface area contributed by atoms with Gasteiger partial charge in [-0.3, -0.25) is 4.79 Å². The average molecular weight is 287 g/mol. The molecule has 2 N–H and O–H groups in total. The van der Waals surface area contributed by atoms with Crippen molar-refractivity contribution in [3.05, 3.63) is 34.9 Å². The second-order valence-electron chi connectivity index (χ2n) is 5.74. The zero-order valence-electron chi connectivity index (χ0n) is 13.4. The molecule has 0 heterocycles. The Morgan fingerprint density at radius 2 is 2.05 bits per heavy atom. The highest BCUT2D eigenvalue weighted by Gasteiger charge is 2.11. The molecule has 1 amide bonds. The largest absolute Gasteiger partial charge is 0.395 e. The van der Waals surface area contributed by atoms with E-state index in [0.717, 1.165) is 11.1 Å². The number of benzene rings is 1. The number of hydrogen-bond acceptors (Lipinski definition) is 2. The van der Waals surface area contributed by atoms with Gasteiger partial charge in [0, 0.05) is 24.1 Å². The van der Waals surface area contributed by atoms with Crippen LogP contribution in [0.5, 0.6) is 0 Å². The van der Waals surface area contributed by atoms with E-state index < -0.39 is 0 Å². The maximum Gasteiger partial charge on any atom is 0.251 e. The molecule has 0 fully saturated rings. The minimum absolute atomic E-state index is 0.0412. The van der Waals surface area contributed by atoms with Gasteiger partial charge in [-0.1, -0.05) is 32.6 Å². The number of carbonyl (C=O) groups excluding carboxylic acids is 1. The molecule has 0 aromatic heterocycles. The molecule has 1 rings (SSSR count). The second kappa shape index (κ2) is 8.49. The van der Waals surface area contributed by atoms with Crippen LogP contribution >= 0.6 is 0 Å². The normalized spacial score (nSPS) is 11.7. The first-order valence-corrected chi connectivity index (χ1v) is 7.44. The molecule has 0 aliphatic rings. The lowest BCUT2D eigenvalue weighted by atomic mass is 9.98. The van der Waals surface area contributed by atoms with E-state index in [2.05, 4.69) is 37.9 Å². The van der Waals surface area contributed by atoms with Crippen LogP contribution in [-0.2, 0) is 0 Å². The maximum absolute atomic E-state index is 12.1. The summed E-state index contributed by atoms with van der Waals surface area (Å²) in [5.74, 6) is 6.86. The molecule has 0 bridgehead atoms. The van der Waals surface area contributed by atoms with E-state index in [-0.39, 0.29) is 12.5 Å². The quantitative estimate of drug-likeness (QED) is 0.818. The van der Waals surface area contributed by atoms with Crippen LogP contribution in [0.4, 0.5) is 0 Å². The standard InChI is InChI=1S/C18H25NO2/c1-13(2)15(4)12-19-18(21)17-9-8-16(14(3)11-17)7-5-6-10-20/h8-9,11,13,15,20H,6,10,12H2,1-4H3,(H,19,21). The van der Waals surface area contributed by atoms with E-state index in [9.17, 15) is 4.79 Å². The number of carbonyl (C=O) groups is 1. The second-order valence-corrected chi connectivity index (χ2v) is 5.74. The fourth-order valence-corrected chi connectivity index (χ4v) is 1.75. The van der Waals surface area contributed by atoms with Gasteiger partial charge in [-0.25, -0.2) is 0 Å². The maximum atomic E-state index is 12.1. The summed E-state index contributed by atoms with van der Waals surface area (Å²) < 4.78 is 0. The third-order valence-electron chi connectivity index (χ3n) is 3.67. The molecule has 3 nitrogen and oxygen atoms in total. The van der Waals surface area contributed by atoms with E-state index in [1.807, 2.05) is 19.1 Å². The van der Waals surface area contributed by atoms with E-state index in [1.54, 1.807) is 6.07 Å². The molecule has 0 aliphatic carbocycles. The van der Waals surface area contributed by atoms with Gasteiger partial charge in [0.2, 0.25) is 0 Å². The Balaban J connectivity index is 2.71. The average Bonchev–Trinajstić information content (AvgIpc) is 2.46. The number of aryl methyl sites for hydroxylation is 1. The lowest BCUT2D eigenvalue weighted by Crippen LogP contribution is -2.30. The summed E-state index contributed by atoms with van der Waals surface area (Å²) in [7, 11) is 0. The molecule has 0 saturated carbocycles. The Morgan fingerprint density at radius 1 is 1.33 bits per heavy atom. The molecular formula is C18H25NO2. The number of aliphatic hydroxyl groups excluding tert-OH is 1. The summed E-state index contributed by atoms with van der Waals surface area (Å²) in [6.45, 7) is 9.14. The number of nitrogens with one attached hydrogen (secondary N) is 1. The molecular weight excluding hydrogens is 262 g/mol. The zero-order valence-corrected chi connectivity index (χ0v) is 13.4. The van der Waals surface area contributed by atoms with Crippen molar-refractivity contribution in [3.8, 4) is 11.8 Å². The Morgan fingerprint density at radius 3 is 2.62 bits per heavy atom. The third-order valence-corrected chi connectivity index (χ3v) is 3.67. The van der Waals surface area contributed by atoms with Gasteiger partial charge in [0.1, 0.15) is 0 Å². The van der Waals surface area contributed by atoms with Crippen LogP contribution in [0.15, 0.2) is 18.2 Å². The first kappa shape index (κ1) is 17.3. The van der Waals surface area contributed by atoms with Crippen molar-refractivity contribution in [3.63, 3.8) is 0 Å². The SMILES string of the molecule is Cc1cc(C(=O)NCC(C)C(C)C)ccc1C#CCCO. The molecule has 1 unspecified atom stereocenters. The van der Waals surface area contributed by atoms with Gasteiger partial charge < -0.3 is 10.4 Å². The lowest BCUT2D eigenvalue weighted by Gasteiger charge is -2.16. The molecule has 114 valence electrons. The summed E-state index contributed by atoms with van der Waals surface area (Å²) in [5.41, 5.74) is 2.54. The predicted octanol–water partition coefficient (Wildman–Crippen LogP) is 2.75. The molecule has 1 aromatic carbocycles. The monoisotopic (exact) mass is 287 g/mol. The Labute approximate surface area is 127 Å². The first-order valence-electron chi connectivity index (χ1n) is 7.44. The van der Waals surface area contributed by atoms with Crippen LogP contribution in [0.3, 0.4) is 0 Å². The van der Waals surface area contributed by atoms with Crippen molar-refractivity contribution in [1.82, 2.24) is 5.32 Å². The van der Waals surface area contributed by atoms with Gasteiger partial charge in [0.25, 0.3) is 5.91 Å². The molecule has 1 aromatic rings. The van der Waals surface area contributed by atoms with Crippen molar-refractivity contribution in [2.24, 2.45) is 11.8 Å². The van der Waals surface area contributed by atoms with Crippen molar-refractivity contribution in [2.45, 2.75) is 34.1 Å². The summed E-state index contributed by atoms with van der Waals surface area (Å²) in [4.78, 5) is 12.1. The van der Waals surface area contributed by atoms with Crippen molar-refractivity contribution in [2.75, 3.05) is 13.2 Å². The van der Waals surface area contributed by atoms with Gasteiger partial charge in [0.15, 0.2) is 0 Å². The fraction of sp³-hybridized carbons (Fsp3) is 0.500. The summed E-state index contributed by atoms with van der Waals surface area (Å²) >= 11 is 0. The molecule has 21 heavy (non-hydrogen) atoms. The van der Waals surface area contributed by atoms with Crippen molar-refractivity contribution < 1.29 is 9.90 Å². The minimum Gasteiger partial charge on any atom is -0.395 e. The van der Waals surface area contributed by atoms with Crippen LogP contribution in [0.1, 0.15) is 48.7 Å². The van der Waals surface area contributed by atoms with Gasteiger partial charge in [-0.05, 0) is 42.5 Å². The molecule has 1 atom stereocenters. The number of amides is 1. The lowest BCUT2D eigenvalue weighted by molar-refractivity contribution is 0.0945. The topological polar surface area (TPSA) is 49.3 Å². The van der Waals surface area contributed by atoms with Crippen LogP contribution in [0, 0.1) is 30.6 Å². The molecule has 0 radical (unpaired) electrons. The summed E-state index contributed by atoms with van der Waals surface area (Å²) in [5, 5.41) is 11.7. The van der Waals surface area contributed by atoms with Gasteiger partial charge in [-0.2, -0.15) is 0 Å². The van der Waals surface area contributed by atoms with E-state index >= 15 is 0 Å². The van der Waals surface area contributed by atoms with E-state index in [1.165, 1.54) is 0 Å². The van der Waals surface area contributed by atoms with Gasteiger partial charge in [-0.15, -0.1) is 0 Å². The zero-order chi connectivity index (χ0) is 15.8. The van der Waals surface area contributed by atoms with Crippen LogP contribution in [0.2, 0.25) is 0 Å². The molecule has 3 heteroatoms. The van der Waals surface area contributed by atoms with Crippen molar-refractivity contribution in [1.29, 1.82) is 0 Å². The number of hydrogen-bond donors (Lipinski definition) is 2. The third kappa shape index (κ3) is 5.61. The Kier molecular flexibility index (Phi) is 6.98.